The Morgan fingerprint density at radius 3 is 1.01 bits per heavy atom. The van der Waals surface area contributed by atoms with E-state index in [-0.39, 0.29) is 11.8 Å². The van der Waals surface area contributed by atoms with Crippen molar-refractivity contribution in [1.82, 2.24) is 0 Å². The van der Waals surface area contributed by atoms with E-state index >= 15 is 0 Å². The second kappa shape index (κ2) is 19.6. The first-order valence-corrected chi connectivity index (χ1v) is 27.8. The highest BCUT2D eigenvalue weighted by Crippen LogP contribution is 2.50. The van der Waals surface area contributed by atoms with Crippen LogP contribution < -0.4 is 9.80 Å². The lowest BCUT2D eigenvalue weighted by Gasteiger charge is -2.27. The number of furan rings is 2. The van der Waals surface area contributed by atoms with Crippen LogP contribution in [-0.2, 0) is 0 Å². The minimum Gasteiger partial charge on any atom is -0.452 e. The average Bonchev–Trinajstić information content (AvgIpc) is 4.20. The minimum atomic E-state index is 0.226. The Bertz CT molecular complexity index is 4090. The van der Waals surface area contributed by atoms with Crippen molar-refractivity contribution in [3.8, 4) is 22.3 Å². The van der Waals surface area contributed by atoms with E-state index < -0.39 is 0 Å². The lowest BCUT2D eigenvalue weighted by Crippen LogP contribution is -2.10. The molecule has 0 saturated carbocycles. The highest BCUT2D eigenvalue weighted by Gasteiger charge is 2.28. The van der Waals surface area contributed by atoms with Crippen molar-refractivity contribution in [3.63, 3.8) is 0 Å². The van der Waals surface area contributed by atoms with Gasteiger partial charge >= 0.3 is 0 Å². The molecule has 0 radical (unpaired) electrons. The van der Waals surface area contributed by atoms with Crippen molar-refractivity contribution in [1.29, 1.82) is 0 Å². The molecule has 0 unspecified atom stereocenters. The Morgan fingerprint density at radius 1 is 0.282 bits per heavy atom. The summed E-state index contributed by atoms with van der Waals surface area (Å²) in [5.41, 5.74) is 19.9. The molecule has 0 aliphatic heterocycles. The first-order valence-electron chi connectivity index (χ1n) is 27.8. The Hall–Kier alpha value is -8.86. The third-order valence-corrected chi connectivity index (χ3v) is 16.0. The van der Waals surface area contributed by atoms with Gasteiger partial charge in [-0.15, -0.1) is 0 Å². The maximum atomic E-state index is 7.20. The quantitative estimate of drug-likeness (QED) is 0.122. The molecule has 382 valence electrons. The van der Waals surface area contributed by atoms with Gasteiger partial charge in [-0.05, 0) is 187 Å². The van der Waals surface area contributed by atoms with Gasteiger partial charge < -0.3 is 18.6 Å². The zero-order chi connectivity index (χ0) is 53.3. The van der Waals surface area contributed by atoms with Gasteiger partial charge in [0.25, 0.3) is 0 Å². The van der Waals surface area contributed by atoms with Gasteiger partial charge in [0.1, 0.15) is 11.2 Å². The fourth-order valence-corrected chi connectivity index (χ4v) is 12.1. The van der Waals surface area contributed by atoms with Gasteiger partial charge in [-0.25, -0.2) is 0 Å². The molecule has 13 rings (SSSR count). The van der Waals surface area contributed by atoms with Crippen molar-refractivity contribution in [2.75, 3.05) is 9.80 Å². The van der Waals surface area contributed by atoms with Crippen molar-refractivity contribution in [3.05, 3.63) is 241 Å². The Labute approximate surface area is 457 Å². The largest absolute Gasteiger partial charge is 0.452 e. The molecule has 11 aromatic carbocycles. The molecule has 4 heteroatoms. The standard InChI is InChI=1S/C74H64N2O2/c1-45(2)49-25-31-59(32-26-49)75(61-23-15-21-53(37-61)51-17-11-9-12-18-51)63-35-29-55-41-65-67(43-57(55)39-63)77-73-71(65)69(47(5)6)70(48(7)8)72-66-42-56-30-36-64(40-58(56)44-68(66)78-74(72)73)76(60-33-27-50(28-34-60)46(3)4)62-24-16-22-54(38-62)52-19-13-10-14-20-52/h9-48H,1-8H3. The van der Waals surface area contributed by atoms with Crippen LogP contribution in [0.1, 0.15) is 101 Å². The summed E-state index contributed by atoms with van der Waals surface area (Å²) in [7, 11) is 0. The van der Waals surface area contributed by atoms with E-state index in [0.717, 1.165) is 99.5 Å². The van der Waals surface area contributed by atoms with Crippen LogP contribution in [0.3, 0.4) is 0 Å². The van der Waals surface area contributed by atoms with Crippen LogP contribution in [0, 0.1) is 0 Å². The molecule has 0 amide bonds. The number of hydrogen-bond donors (Lipinski definition) is 0. The maximum absolute atomic E-state index is 7.20. The van der Waals surface area contributed by atoms with Crippen molar-refractivity contribution in [2.45, 2.75) is 79.1 Å². The van der Waals surface area contributed by atoms with Crippen LogP contribution in [0.15, 0.2) is 227 Å². The summed E-state index contributed by atoms with van der Waals surface area (Å²) < 4.78 is 14.4. The fraction of sp³-hybridized carbons (Fsp3) is 0.162. The van der Waals surface area contributed by atoms with Crippen molar-refractivity contribution in [2.24, 2.45) is 0 Å². The van der Waals surface area contributed by atoms with Gasteiger partial charge in [0, 0.05) is 55.7 Å². The normalized spacial score (nSPS) is 12.1. The van der Waals surface area contributed by atoms with Gasteiger partial charge in [0.2, 0.25) is 0 Å². The van der Waals surface area contributed by atoms with Gasteiger partial charge in [0.15, 0.2) is 11.2 Å². The molecule has 0 fully saturated rings. The van der Waals surface area contributed by atoms with Crippen molar-refractivity contribution < 1.29 is 8.83 Å². The summed E-state index contributed by atoms with van der Waals surface area (Å²) in [6.45, 7) is 18.3. The fourth-order valence-electron chi connectivity index (χ4n) is 12.1. The van der Waals surface area contributed by atoms with Gasteiger partial charge in [-0.1, -0.05) is 177 Å². The molecule has 0 aliphatic carbocycles. The molecule has 0 saturated heterocycles. The molecular weight excluding hydrogens is 949 g/mol. The van der Waals surface area contributed by atoms with Crippen LogP contribution in [0.25, 0.3) is 87.7 Å². The predicted octanol–water partition coefficient (Wildman–Crippen LogP) is 22.6. The summed E-state index contributed by atoms with van der Waals surface area (Å²) >= 11 is 0. The monoisotopic (exact) mass is 1010 g/mol. The maximum Gasteiger partial charge on any atom is 0.178 e. The molecule has 2 heterocycles. The Morgan fingerprint density at radius 2 is 0.641 bits per heavy atom. The van der Waals surface area contributed by atoms with E-state index in [1.165, 1.54) is 44.5 Å². The topological polar surface area (TPSA) is 32.8 Å². The third kappa shape index (κ3) is 8.57. The molecule has 78 heavy (non-hydrogen) atoms. The molecular formula is C74H64N2O2. The average molecular weight is 1010 g/mol. The highest BCUT2D eigenvalue weighted by atomic mass is 16.4. The first kappa shape index (κ1) is 48.8. The minimum absolute atomic E-state index is 0.226. The third-order valence-electron chi connectivity index (χ3n) is 16.0. The summed E-state index contributed by atoms with van der Waals surface area (Å²) in [6.07, 6.45) is 0. The van der Waals surface area contributed by atoms with Gasteiger partial charge in [-0.2, -0.15) is 0 Å². The number of nitrogens with zero attached hydrogens (tertiary/aromatic N) is 2. The first-order chi connectivity index (χ1) is 37.9. The highest BCUT2D eigenvalue weighted by molar-refractivity contribution is 6.24. The lowest BCUT2D eigenvalue weighted by molar-refractivity contribution is 0.632. The van der Waals surface area contributed by atoms with Crippen LogP contribution in [0.2, 0.25) is 0 Å². The number of anilines is 6. The Kier molecular flexibility index (Phi) is 12.3. The number of fused-ring (bicyclic) bond motifs is 9. The lowest BCUT2D eigenvalue weighted by atomic mass is 9.84. The molecule has 0 atom stereocenters. The van der Waals surface area contributed by atoms with Crippen LogP contribution >= 0.6 is 0 Å². The van der Waals surface area contributed by atoms with Crippen LogP contribution in [0.4, 0.5) is 34.1 Å². The Balaban J connectivity index is 0.967. The summed E-state index contributed by atoms with van der Waals surface area (Å²) in [4.78, 5) is 4.75. The van der Waals surface area contributed by atoms with Gasteiger partial charge in [0.05, 0.1) is 0 Å². The molecule has 13 aromatic rings. The molecule has 2 aromatic heterocycles. The zero-order valence-electron chi connectivity index (χ0n) is 45.8. The molecule has 0 spiro atoms. The summed E-state index contributed by atoms with van der Waals surface area (Å²) in [5.74, 6) is 1.33. The smallest absolute Gasteiger partial charge is 0.178 e. The molecule has 4 nitrogen and oxygen atoms in total. The van der Waals surface area contributed by atoms with Crippen LogP contribution in [-0.4, -0.2) is 0 Å². The van der Waals surface area contributed by atoms with Gasteiger partial charge in [-0.3, -0.25) is 0 Å². The van der Waals surface area contributed by atoms with Crippen LogP contribution in [0.5, 0.6) is 0 Å². The molecule has 0 N–H and O–H groups in total. The molecule has 0 bridgehead atoms. The van der Waals surface area contributed by atoms with E-state index in [1.807, 2.05) is 0 Å². The van der Waals surface area contributed by atoms with E-state index in [9.17, 15) is 0 Å². The molecule has 0 aliphatic rings. The predicted molar refractivity (Wildman–Crippen MR) is 333 cm³/mol. The van der Waals surface area contributed by atoms with E-state index in [2.05, 4.69) is 284 Å². The second-order valence-electron chi connectivity index (χ2n) is 22.5. The van der Waals surface area contributed by atoms with E-state index in [1.54, 1.807) is 0 Å². The van der Waals surface area contributed by atoms with Crippen molar-refractivity contribution >= 4 is 99.5 Å². The summed E-state index contributed by atoms with van der Waals surface area (Å²) in [5, 5.41) is 9.06. The number of benzene rings is 11. The number of rotatable bonds is 12. The second-order valence-corrected chi connectivity index (χ2v) is 22.5. The summed E-state index contributed by atoms with van der Waals surface area (Å²) in [6, 6.07) is 80.0. The van der Waals surface area contributed by atoms with E-state index in [0.29, 0.717) is 11.8 Å². The SMILES string of the molecule is CC(C)c1ccc(N(c2cccc(-c3ccccc3)c2)c2ccc3cc4c(cc3c2)oc2c3oc5cc6cc(N(c7ccc(C(C)C)cc7)c7cccc(-c8ccccc8)c7)ccc6cc5c3c(C(C)C)c(C(C)C)c42)cc1. The zero-order valence-corrected chi connectivity index (χ0v) is 45.8. The van der Waals surface area contributed by atoms with E-state index in [4.69, 9.17) is 8.83 Å². The number of hydrogen-bond acceptors (Lipinski definition) is 4.